The van der Waals surface area contributed by atoms with E-state index in [4.69, 9.17) is 14.9 Å². The van der Waals surface area contributed by atoms with Crippen LogP contribution < -0.4 is 0 Å². The molecule has 1 aromatic rings. The lowest BCUT2D eigenvalue weighted by atomic mass is 10.2. The first-order valence-electron chi connectivity index (χ1n) is 7.12. The molecule has 0 aliphatic carbocycles. The Balaban J connectivity index is 0.000000980. The SMILES string of the molecule is COC(=O)CCCCC(=O)OCc1ccccc1.OCCO. The monoisotopic (exact) mass is 312 g/mol. The summed E-state index contributed by atoms with van der Waals surface area (Å²) < 4.78 is 9.61. The second kappa shape index (κ2) is 14.0. The summed E-state index contributed by atoms with van der Waals surface area (Å²) in [7, 11) is 1.36. The molecule has 1 aromatic carbocycles. The van der Waals surface area contributed by atoms with Crippen LogP contribution in [0.1, 0.15) is 31.2 Å². The van der Waals surface area contributed by atoms with Crippen LogP contribution in [0.25, 0.3) is 0 Å². The molecule has 22 heavy (non-hydrogen) atoms. The molecule has 0 radical (unpaired) electrons. The van der Waals surface area contributed by atoms with Crippen LogP contribution in [-0.2, 0) is 25.7 Å². The smallest absolute Gasteiger partial charge is 0.306 e. The fourth-order valence-corrected chi connectivity index (χ4v) is 1.45. The van der Waals surface area contributed by atoms with E-state index in [9.17, 15) is 9.59 Å². The normalized spacial score (nSPS) is 9.41. The fraction of sp³-hybridized carbons (Fsp3) is 0.500. The van der Waals surface area contributed by atoms with Crippen LogP contribution in [0.5, 0.6) is 0 Å². The predicted octanol–water partition coefficient (Wildman–Crippen LogP) is 1.43. The number of aliphatic hydroxyl groups excluding tert-OH is 2. The van der Waals surface area contributed by atoms with Crippen molar-refractivity contribution in [3.8, 4) is 0 Å². The number of ether oxygens (including phenoxy) is 2. The van der Waals surface area contributed by atoms with Crippen molar-refractivity contribution >= 4 is 11.9 Å². The molecule has 0 bridgehead atoms. The zero-order valence-corrected chi connectivity index (χ0v) is 12.9. The highest BCUT2D eigenvalue weighted by atomic mass is 16.5. The number of benzene rings is 1. The highest BCUT2D eigenvalue weighted by molar-refractivity contribution is 5.70. The highest BCUT2D eigenvalue weighted by Crippen LogP contribution is 2.05. The Kier molecular flexibility index (Phi) is 12.8. The Hall–Kier alpha value is -1.92. The van der Waals surface area contributed by atoms with E-state index in [1.54, 1.807) is 0 Å². The van der Waals surface area contributed by atoms with Crippen molar-refractivity contribution in [1.82, 2.24) is 0 Å². The van der Waals surface area contributed by atoms with E-state index >= 15 is 0 Å². The van der Waals surface area contributed by atoms with Crippen molar-refractivity contribution in [2.45, 2.75) is 32.3 Å². The maximum atomic E-state index is 11.4. The molecule has 0 unspecified atom stereocenters. The number of methoxy groups -OCH3 is 1. The average molecular weight is 312 g/mol. The van der Waals surface area contributed by atoms with Gasteiger partial charge in [0.05, 0.1) is 20.3 Å². The molecule has 6 nitrogen and oxygen atoms in total. The lowest BCUT2D eigenvalue weighted by Crippen LogP contribution is -2.05. The van der Waals surface area contributed by atoms with Crippen molar-refractivity contribution in [3.05, 3.63) is 35.9 Å². The Morgan fingerprint density at radius 1 is 0.955 bits per heavy atom. The molecule has 0 fully saturated rings. The molecule has 2 N–H and O–H groups in total. The van der Waals surface area contributed by atoms with Crippen LogP contribution in [0, 0.1) is 0 Å². The van der Waals surface area contributed by atoms with Crippen LogP contribution in [0.4, 0.5) is 0 Å². The topological polar surface area (TPSA) is 93.1 Å². The lowest BCUT2D eigenvalue weighted by molar-refractivity contribution is -0.145. The fourth-order valence-electron chi connectivity index (χ4n) is 1.45. The summed E-state index contributed by atoms with van der Waals surface area (Å²) in [5.74, 6) is -0.476. The Bertz CT molecular complexity index is 402. The summed E-state index contributed by atoms with van der Waals surface area (Å²) in [6.45, 7) is 0.0523. The zero-order valence-electron chi connectivity index (χ0n) is 12.9. The molecule has 0 aliphatic rings. The number of hydrogen-bond acceptors (Lipinski definition) is 6. The van der Waals surface area contributed by atoms with Gasteiger partial charge in [0.15, 0.2) is 0 Å². The second-order valence-electron chi connectivity index (χ2n) is 4.38. The van der Waals surface area contributed by atoms with Gasteiger partial charge < -0.3 is 19.7 Å². The van der Waals surface area contributed by atoms with Crippen LogP contribution >= 0.6 is 0 Å². The predicted molar refractivity (Wildman–Crippen MR) is 80.9 cm³/mol. The number of carbonyl (C=O) groups is 2. The molecule has 1 rings (SSSR count). The number of esters is 2. The molecular formula is C16H24O6. The first kappa shape index (κ1) is 20.1. The average Bonchev–Trinajstić information content (AvgIpc) is 2.57. The van der Waals surface area contributed by atoms with E-state index < -0.39 is 0 Å². The first-order chi connectivity index (χ1) is 10.6. The third-order valence-electron chi connectivity index (χ3n) is 2.58. The number of carbonyl (C=O) groups excluding carboxylic acids is 2. The second-order valence-corrected chi connectivity index (χ2v) is 4.38. The molecule has 0 saturated heterocycles. The van der Waals surface area contributed by atoms with Gasteiger partial charge in [0.2, 0.25) is 0 Å². The van der Waals surface area contributed by atoms with Gasteiger partial charge in [-0.25, -0.2) is 0 Å². The molecule has 0 saturated carbocycles. The minimum atomic E-state index is -0.243. The van der Waals surface area contributed by atoms with Gasteiger partial charge in [-0.05, 0) is 18.4 Å². The van der Waals surface area contributed by atoms with Gasteiger partial charge in [-0.3, -0.25) is 9.59 Å². The Labute approximate surface area is 130 Å². The number of unbranched alkanes of at least 4 members (excludes halogenated alkanes) is 1. The van der Waals surface area contributed by atoms with Crippen LogP contribution in [-0.4, -0.2) is 42.5 Å². The third kappa shape index (κ3) is 11.9. The molecule has 0 heterocycles. The van der Waals surface area contributed by atoms with E-state index in [1.807, 2.05) is 30.3 Å². The van der Waals surface area contributed by atoms with Crippen LogP contribution in [0.3, 0.4) is 0 Å². The number of rotatable bonds is 8. The van der Waals surface area contributed by atoms with E-state index in [-0.39, 0.29) is 25.2 Å². The maximum Gasteiger partial charge on any atom is 0.306 e. The molecule has 0 atom stereocenters. The van der Waals surface area contributed by atoms with Gasteiger partial charge in [0.25, 0.3) is 0 Å². The largest absolute Gasteiger partial charge is 0.469 e. The van der Waals surface area contributed by atoms with Crippen molar-refractivity contribution < 1.29 is 29.3 Å². The zero-order chi connectivity index (χ0) is 16.6. The molecule has 0 aliphatic heterocycles. The first-order valence-corrected chi connectivity index (χ1v) is 7.12. The van der Waals surface area contributed by atoms with Crippen LogP contribution in [0.2, 0.25) is 0 Å². The van der Waals surface area contributed by atoms with E-state index in [1.165, 1.54) is 7.11 Å². The molecular weight excluding hydrogens is 288 g/mol. The van der Waals surface area contributed by atoms with E-state index in [2.05, 4.69) is 4.74 Å². The van der Waals surface area contributed by atoms with Crippen molar-refractivity contribution in [2.24, 2.45) is 0 Å². The summed E-state index contributed by atoms with van der Waals surface area (Å²) in [5, 5.41) is 15.2. The van der Waals surface area contributed by atoms with E-state index in [0.717, 1.165) is 5.56 Å². The Morgan fingerprint density at radius 3 is 2.00 bits per heavy atom. The van der Waals surface area contributed by atoms with Crippen molar-refractivity contribution in [3.63, 3.8) is 0 Å². The minimum Gasteiger partial charge on any atom is -0.469 e. The Morgan fingerprint density at radius 2 is 1.50 bits per heavy atom. The summed E-state index contributed by atoms with van der Waals surface area (Å²) >= 11 is 0. The van der Waals surface area contributed by atoms with Crippen molar-refractivity contribution in [2.75, 3.05) is 20.3 Å². The van der Waals surface area contributed by atoms with Gasteiger partial charge in [-0.15, -0.1) is 0 Å². The molecule has 6 heteroatoms. The number of aliphatic hydroxyl groups is 2. The van der Waals surface area contributed by atoms with Crippen LogP contribution in [0.15, 0.2) is 30.3 Å². The van der Waals surface area contributed by atoms with Gasteiger partial charge in [-0.1, -0.05) is 30.3 Å². The van der Waals surface area contributed by atoms with Gasteiger partial charge >= 0.3 is 11.9 Å². The van der Waals surface area contributed by atoms with Crippen molar-refractivity contribution in [1.29, 1.82) is 0 Å². The summed E-state index contributed by atoms with van der Waals surface area (Å²) in [5.41, 5.74) is 0.973. The van der Waals surface area contributed by atoms with E-state index in [0.29, 0.717) is 32.3 Å². The minimum absolute atomic E-state index is 0.125. The molecule has 0 aromatic heterocycles. The molecule has 0 spiro atoms. The molecule has 0 amide bonds. The lowest BCUT2D eigenvalue weighted by Gasteiger charge is -2.04. The van der Waals surface area contributed by atoms with Gasteiger partial charge in [-0.2, -0.15) is 0 Å². The highest BCUT2D eigenvalue weighted by Gasteiger charge is 2.05. The third-order valence-corrected chi connectivity index (χ3v) is 2.58. The molecule has 124 valence electrons. The summed E-state index contributed by atoms with van der Waals surface area (Å²) in [4.78, 5) is 22.2. The maximum absolute atomic E-state index is 11.4. The van der Waals surface area contributed by atoms with Gasteiger partial charge in [0.1, 0.15) is 6.61 Å². The van der Waals surface area contributed by atoms with Gasteiger partial charge in [0, 0.05) is 12.8 Å². The summed E-state index contributed by atoms with van der Waals surface area (Å²) in [6.07, 6.45) is 1.97. The number of hydrogen-bond donors (Lipinski definition) is 2. The standard InChI is InChI=1S/C14H18O4.C2H6O2/c1-17-13(15)9-5-6-10-14(16)18-11-12-7-3-2-4-8-12;3-1-2-4/h2-4,7-8H,5-6,9-11H2,1H3;3-4H,1-2H2. The summed E-state index contributed by atoms with van der Waals surface area (Å²) in [6, 6.07) is 9.53. The quantitative estimate of drug-likeness (QED) is 0.557.